The first-order valence-corrected chi connectivity index (χ1v) is 0. The summed E-state index contributed by atoms with van der Waals surface area (Å²) >= 11 is 0. The molecule has 0 amide bonds. The smallest absolute Gasteiger partial charge is 1.00 e. The molecule has 0 saturated heterocycles. The van der Waals surface area contributed by atoms with Gasteiger partial charge >= 0.3 is 37.7 Å². The average Bonchev–Trinajstić information content (AvgIpc) is 0. The molecule has 0 aliphatic rings. The average molecular weight is 229 g/mol. The molecule has 0 N–H and O–H groups in total. The minimum Gasteiger partial charge on any atom is -1.00 e. The standard InChI is InChI=1S/B.Ca.Fe.Mn.Zn.2H/q;+2;;;;2*-1. The molecule has 0 atom stereocenters. The molecule has 0 aromatic rings. The van der Waals surface area contributed by atoms with Crippen LogP contribution in [0.4, 0.5) is 0 Å². The topological polar surface area (TPSA) is 0 Å². The van der Waals surface area contributed by atoms with E-state index in [1.54, 1.807) is 0 Å². The van der Waals surface area contributed by atoms with Gasteiger partial charge in [0.25, 0.3) is 0 Å². The second kappa shape index (κ2) is 28.1. The van der Waals surface area contributed by atoms with Crippen LogP contribution in [0.5, 0.6) is 0 Å². The first-order chi connectivity index (χ1) is 0. The van der Waals surface area contributed by atoms with E-state index in [4.69, 9.17) is 0 Å². The summed E-state index contributed by atoms with van der Waals surface area (Å²) in [6, 6.07) is 0. The molecule has 24 valence electrons. The minimum atomic E-state index is 0. The summed E-state index contributed by atoms with van der Waals surface area (Å²) in [7, 11) is 0. The number of hydrogen-bond donors (Lipinski definition) is 0. The first-order valence-electron chi connectivity index (χ1n) is 0. The zero-order valence-electron chi connectivity index (χ0n) is 4.72. The van der Waals surface area contributed by atoms with Gasteiger partial charge in [0, 0.05) is 62.0 Å². The van der Waals surface area contributed by atoms with Gasteiger partial charge in [-0.3, -0.25) is 0 Å². The van der Waals surface area contributed by atoms with Gasteiger partial charge in [-0.2, -0.15) is 0 Å². The van der Waals surface area contributed by atoms with Crippen molar-refractivity contribution in [2.75, 3.05) is 0 Å². The van der Waals surface area contributed by atoms with Gasteiger partial charge in [0.2, 0.25) is 0 Å². The first kappa shape index (κ1) is 43.7. The van der Waals surface area contributed by atoms with Crippen molar-refractivity contribution >= 4 is 46.2 Å². The molecular formula is H2BCaFeMnZn. The normalized spacial score (nSPS) is 0. The molecule has 4 radical (unpaired) electrons. The van der Waals surface area contributed by atoms with E-state index in [2.05, 4.69) is 0 Å². The van der Waals surface area contributed by atoms with E-state index in [9.17, 15) is 0 Å². The van der Waals surface area contributed by atoms with Crippen LogP contribution < -0.4 is 0 Å². The molecule has 0 aromatic carbocycles. The fourth-order valence-corrected chi connectivity index (χ4v) is 0. The van der Waals surface area contributed by atoms with Gasteiger partial charge in [0.15, 0.2) is 0 Å². The summed E-state index contributed by atoms with van der Waals surface area (Å²) in [5.41, 5.74) is 0. The van der Waals surface area contributed by atoms with Crippen LogP contribution in [0.3, 0.4) is 0 Å². The molecule has 0 aromatic heterocycles. The Hall–Kier alpha value is 2.99. The summed E-state index contributed by atoms with van der Waals surface area (Å²) in [5, 5.41) is 0. The van der Waals surface area contributed by atoms with Gasteiger partial charge in [0.05, 0.1) is 0 Å². The second-order valence-electron chi connectivity index (χ2n) is 0. The van der Waals surface area contributed by atoms with Crippen LogP contribution in [0.1, 0.15) is 2.85 Å². The van der Waals surface area contributed by atoms with Crippen LogP contribution in [0.15, 0.2) is 0 Å². The van der Waals surface area contributed by atoms with Crippen LogP contribution in [0.2, 0.25) is 0 Å². The number of rotatable bonds is 0. The van der Waals surface area contributed by atoms with Crippen molar-refractivity contribution in [3.63, 3.8) is 0 Å². The Morgan fingerprint density at radius 1 is 1.20 bits per heavy atom. The Kier molecular flexibility index (Phi) is 245. The predicted octanol–water partition coefficient (Wildman–Crippen LogP) is -0.544. The maximum Gasteiger partial charge on any atom is 2.00 e. The molecule has 0 heterocycles. The maximum absolute atomic E-state index is 0. The van der Waals surface area contributed by atoms with Gasteiger partial charge in [-0.1, -0.05) is 0 Å². The molecule has 0 aliphatic heterocycles. The van der Waals surface area contributed by atoms with Gasteiger partial charge < -0.3 is 2.85 Å². The summed E-state index contributed by atoms with van der Waals surface area (Å²) < 4.78 is 0. The molecule has 0 spiro atoms. The van der Waals surface area contributed by atoms with Crippen LogP contribution in [0, 0.1) is 0 Å². The summed E-state index contributed by atoms with van der Waals surface area (Å²) in [5.74, 6) is 0. The van der Waals surface area contributed by atoms with E-state index in [1.807, 2.05) is 0 Å². The Bertz CT molecular complexity index is 17.7. The molecular weight excluding hydrogens is 227 g/mol. The second-order valence-corrected chi connectivity index (χ2v) is 0. The third-order valence-corrected chi connectivity index (χ3v) is 0. The largest absolute Gasteiger partial charge is 2.00 e. The fourth-order valence-electron chi connectivity index (χ4n) is 0. The van der Waals surface area contributed by atoms with Crippen molar-refractivity contribution in [3.8, 4) is 0 Å². The van der Waals surface area contributed by atoms with Gasteiger partial charge in [-0.05, 0) is 0 Å². The molecule has 0 unspecified atom stereocenters. The van der Waals surface area contributed by atoms with Gasteiger partial charge in [-0.25, -0.2) is 0 Å². The predicted molar refractivity (Wildman–Crippen MR) is 13.7 cm³/mol. The Morgan fingerprint density at radius 2 is 1.20 bits per heavy atom. The molecule has 0 saturated carbocycles. The van der Waals surface area contributed by atoms with Gasteiger partial charge in [0.1, 0.15) is 0 Å². The quantitative estimate of drug-likeness (QED) is 0.489. The molecule has 0 fully saturated rings. The molecule has 5 heteroatoms. The third kappa shape index (κ3) is 19.5. The van der Waals surface area contributed by atoms with Crippen molar-refractivity contribution in [2.45, 2.75) is 0 Å². The van der Waals surface area contributed by atoms with Crippen LogP contribution in [-0.2, 0) is 53.6 Å². The van der Waals surface area contributed by atoms with E-state index < -0.39 is 0 Å². The molecule has 0 nitrogen and oxygen atoms in total. The molecule has 0 aliphatic carbocycles. The maximum atomic E-state index is 0. The van der Waals surface area contributed by atoms with Crippen LogP contribution in [-0.4, -0.2) is 46.2 Å². The van der Waals surface area contributed by atoms with Gasteiger partial charge in [-0.15, -0.1) is 0 Å². The van der Waals surface area contributed by atoms with Crippen molar-refractivity contribution in [3.05, 3.63) is 0 Å². The van der Waals surface area contributed by atoms with Crippen molar-refractivity contribution in [2.24, 2.45) is 0 Å². The molecule has 0 rings (SSSR count). The van der Waals surface area contributed by atoms with E-state index >= 15 is 0 Å². The Labute approximate surface area is 101 Å². The summed E-state index contributed by atoms with van der Waals surface area (Å²) in [6.45, 7) is 0. The molecule has 5 heavy (non-hydrogen) atoms. The van der Waals surface area contributed by atoms with E-state index in [1.165, 1.54) is 0 Å². The zero-order chi connectivity index (χ0) is 0. The van der Waals surface area contributed by atoms with Crippen molar-refractivity contribution in [1.29, 1.82) is 0 Å². The third-order valence-electron chi connectivity index (χ3n) is 0. The Morgan fingerprint density at radius 3 is 1.20 bits per heavy atom. The fraction of sp³-hybridized carbons (Fsp3) is 0. The zero-order valence-corrected chi connectivity index (χ0v) is 10.2. The van der Waals surface area contributed by atoms with E-state index in [-0.39, 0.29) is 103 Å². The van der Waals surface area contributed by atoms with Crippen molar-refractivity contribution < 1.29 is 56.5 Å². The Balaban J connectivity index is 0. The SMILES string of the molecule is [B].[Ca+2].[Fe].[H-].[H-].[Mn].[Zn]. The summed E-state index contributed by atoms with van der Waals surface area (Å²) in [4.78, 5) is 0. The van der Waals surface area contributed by atoms with E-state index in [0.717, 1.165) is 0 Å². The minimum absolute atomic E-state index is 0. The molecule has 0 bridgehead atoms. The van der Waals surface area contributed by atoms with Crippen LogP contribution >= 0.6 is 0 Å². The van der Waals surface area contributed by atoms with Crippen LogP contribution in [0.25, 0.3) is 0 Å². The monoisotopic (exact) mass is 228 g/mol. The summed E-state index contributed by atoms with van der Waals surface area (Å²) in [6.07, 6.45) is 0. The number of hydrogen-bond acceptors (Lipinski definition) is 0. The van der Waals surface area contributed by atoms with Crippen molar-refractivity contribution in [1.82, 2.24) is 0 Å². The van der Waals surface area contributed by atoms with E-state index in [0.29, 0.717) is 0 Å².